The molecule has 1 aliphatic rings. The summed E-state index contributed by atoms with van der Waals surface area (Å²) in [6, 6.07) is 4.31. The number of aromatic nitrogens is 2. The molecule has 0 unspecified atom stereocenters. The monoisotopic (exact) mass is 393 g/mol. The van der Waals surface area contributed by atoms with Gasteiger partial charge in [0.25, 0.3) is 5.56 Å². The Hall–Kier alpha value is -2.45. The Morgan fingerprint density at radius 1 is 1.31 bits per heavy atom. The topological polar surface area (TPSA) is 64.4 Å². The molecular weight excluding hydrogens is 381 g/mol. The van der Waals surface area contributed by atoms with Crippen LogP contribution in [-0.4, -0.2) is 33.8 Å². The maximum absolute atomic E-state index is 13.8. The van der Waals surface area contributed by atoms with Crippen molar-refractivity contribution in [3.63, 3.8) is 0 Å². The van der Waals surface area contributed by atoms with Gasteiger partial charge in [0, 0.05) is 24.0 Å². The highest BCUT2D eigenvalue weighted by atomic mass is 35.5. The van der Waals surface area contributed by atoms with Gasteiger partial charge in [-0.05, 0) is 30.5 Å². The summed E-state index contributed by atoms with van der Waals surface area (Å²) in [7, 11) is 0. The maximum Gasteiger partial charge on any atom is 0.434 e. The van der Waals surface area contributed by atoms with Crippen molar-refractivity contribution < 1.29 is 14.0 Å². The van der Waals surface area contributed by atoms with E-state index < -0.39 is 17.5 Å². The van der Waals surface area contributed by atoms with E-state index in [-0.39, 0.29) is 10.4 Å². The Morgan fingerprint density at radius 2 is 2.08 bits per heavy atom. The van der Waals surface area contributed by atoms with Crippen LogP contribution in [-0.2, 0) is 0 Å². The predicted molar refractivity (Wildman–Crippen MR) is 97.1 cm³/mol. The first-order valence-electron chi connectivity index (χ1n) is 7.96. The number of likely N-dealkylation sites (tertiary alicyclic amines) is 1. The van der Waals surface area contributed by atoms with E-state index in [4.69, 9.17) is 16.4 Å². The normalized spacial score (nSPS) is 14.2. The first-order valence-corrected chi connectivity index (χ1v) is 9.22. The van der Waals surface area contributed by atoms with Crippen molar-refractivity contribution in [2.45, 2.75) is 12.8 Å². The summed E-state index contributed by atoms with van der Waals surface area (Å²) >= 11 is 6.98. The molecule has 0 N–H and O–H groups in total. The molecule has 26 heavy (non-hydrogen) atoms. The third-order valence-electron chi connectivity index (χ3n) is 4.24. The van der Waals surface area contributed by atoms with Gasteiger partial charge in [-0.1, -0.05) is 17.7 Å². The van der Waals surface area contributed by atoms with Crippen LogP contribution in [0.3, 0.4) is 0 Å². The lowest BCUT2D eigenvalue weighted by atomic mass is 10.1. The molecule has 6 nitrogen and oxygen atoms in total. The average molecular weight is 394 g/mol. The van der Waals surface area contributed by atoms with Crippen molar-refractivity contribution in [1.29, 1.82) is 0 Å². The summed E-state index contributed by atoms with van der Waals surface area (Å²) in [5.74, 6) is -0.576. The molecule has 1 saturated heterocycles. The summed E-state index contributed by atoms with van der Waals surface area (Å²) in [6.45, 7) is 1.22. The number of rotatable bonds is 2. The zero-order chi connectivity index (χ0) is 18.3. The summed E-state index contributed by atoms with van der Waals surface area (Å²) in [4.78, 5) is 36.3. The number of fused-ring (bicyclic) bond motifs is 1. The van der Waals surface area contributed by atoms with E-state index in [1.165, 1.54) is 29.8 Å². The molecule has 0 spiro atoms. The van der Waals surface area contributed by atoms with Crippen LogP contribution in [0.25, 0.3) is 21.3 Å². The number of hydrogen-bond donors (Lipinski definition) is 0. The molecule has 2 aromatic heterocycles. The number of amides is 1. The van der Waals surface area contributed by atoms with E-state index in [9.17, 15) is 14.0 Å². The minimum Gasteiger partial charge on any atom is -0.312 e. The smallest absolute Gasteiger partial charge is 0.312 e. The van der Waals surface area contributed by atoms with Crippen molar-refractivity contribution >= 4 is 39.2 Å². The molecule has 1 fully saturated rings. The molecule has 3 heterocycles. The van der Waals surface area contributed by atoms with E-state index in [0.717, 1.165) is 17.6 Å². The first-order chi connectivity index (χ1) is 12.5. The predicted octanol–water partition coefficient (Wildman–Crippen LogP) is 3.56. The molecule has 0 saturated carbocycles. The van der Waals surface area contributed by atoms with E-state index in [0.29, 0.717) is 29.0 Å². The Kier molecular flexibility index (Phi) is 4.37. The van der Waals surface area contributed by atoms with Crippen LogP contribution < -0.4 is 10.4 Å². The van der Waals surface area contributed by atoms with Crippen molar-refractivity contribution in [1.82, 2.24) is 14.6 Å². The Balaban J connectivity index is 1.75. The largest absolute Gasteiger partial charge is 0.434 e. The second-order valence-electron chi connectivity index (χ2n) is 5.89. The molecule has 1 amide bonds. The van der Waals surface area contributed by atoms with Gasteiger partial charge >= 0.3 is 6.09 Å². The second kappa shape index (κ2) is 6.69. The van der Waals surface area contributed by atoms with Gasteiger partial charge in [0.2, 0.25) is 0 Å². The van der Waals surface area contributed by atoms with E-state index in [2.05, 4.69) is 4.98 Å². The SMILES string of the molecule is O=C(On1cnc2scc(-c3ccc(Cl)c(F)c3)c2c1=O)N1CCCC1. The average Bonchev–Trinajstić information content (AvgIpc) is 3.29. The zero-order valence-electron chi connectivity index (χ0n) is 13.4. The van der Waals surface area contributed by atoms with Crippen LogP contribution >= 0.6 is 22.9 Å². The Labute approximate surface area is 156 Å². The number of nitrogens with zero attached hydrogens (tertiary/aromatic N) is 3. The third-order valence-corrected chi connectivity index (χ3v) is 5.43. The van der Waals surface area contributed by atoms with Crippen molar-refractivity contribution in [3.8, 4) is 11.1 Å². The van der Waals surface area contributed by atoms with Crippen LogP contribution in [0, 0.1) is 5.82 Å². The summed E-state index contributed by atoms with van der Waals surface area (Å²) < 4.78 is 14.6. The lowest BCUT2D eigenvalue weighted by Gasteiger charge is -2.14. The molecule has 134 valence electrons. The number of carbonyl (C=O) groups is 1. The highest BCUT2D eigenvalue weighted by molar-refractivity contribution is 7.17. The maximum atomic E-state index is 13.8. The van der Waals surface area contributed by atoms with E-state index >= 15 is 0 Å². The molecular formula is C17H13ClFN3O3S. The van der Waals surface area contributed by atoms with Gasteiger partial charge < -0.3 is 9.74 Å². The van der Waals surface area contributed by atoms with Gasteiger partial charge in [-0.2, -0.15) is 0 Å². The lowest BCUT2D eigenvalue weighted by molar-refractivity contribution is 0.0950. The summed E-state index contributed by atoms with van der Waals surface area (Å²) in [5, 5.41) is 1.99. The molecule has 1 aromatic carbocycles. The fourth-order valence-electron chi connectivity index (χ4n) is 2.90. The van der Waals surface area contributed by atoms with Gasteiger partial charge in [-0.15, -0.1) is 16.1 Å². The van der Waals surface area contributed by atoms with Gasteiger partial charge in [-0.25, -0.2) is 14.2 Å². The molecule has 0 aliphatic carbocycles. The van der Waals surface area contributed by atoms with Crippen molar-refractivity contribution in [2.75, 3.05) is 13.1 Å². The van der Waals surface area contributed by atoms with Gasteiger partial charge in [-0.3, -0.25) is 4.79 Å². The number of carbonyl (C=O) groups excluding carboxylic acids is 1. The van der Waals surface area contributed by atoms with Crippen molar-refractivity contribution in [3.05, 3.63) is 51.1 Å². The van der Waals surface area contributed by atoms with E-state index in [1.807, 2.05) is 0 Å². The molecule has 0 atom stereocenters. The summed E-state index contributed by atoms with van der Waals surface area (Å²) in [6.07, 6.45) is 2.43. The first kappa shape index (κ1) is 17.0. The second-order valence-corrected chi connectivity index (χ2v) is 7.15. The third kappa shape index (κ3) is 2.95. The zero-order valence-corrected chi connectivity index (χ0v) is 15.0. The molecule has 0 bridgehead atoms. The van der Waals surface area contributed by atoms with Gasteiger partial charge in [0.1, 0.15) is 17.0 Å². The highest BCUT2D eigenvalue weighted by Crippen LogP contribution is 2.32. The standard InChI is InChI=1S/C17H13ClFN3O3S/c18-12-4-3-10(7-13(12)19)11-8-26-15-14(11)16(23)22(9-20-15)25-17(24)21-5-1-2-6-21/h3-4,7-9H,1-2,5-6H2. The fraction of sp³-hybridized carbons (Fsp3) is 0.235. The van der Waals surface area contributed by atoms with Crippen LogP contribution in [0.2, 0.25) is 5.02 Å². The molecule has 1 aliphatic heterocycles. The number of hydrogen-bond acceptors (Lipinski definition) is 5. The number of thiophene rings is 1. The lowest BCUT2D eigenvalue weighted by Crippen LogP contribution is -2.39. The number of benzene rings is 1. The van der Waals surface area contributed by atoms with Crippen LogP contribution in [0.1, 0.15) is 12.8 Å². The minimum absolute atomic E-state index is 0.00312. The highest BCUT2D eigenvalue weighted by Gasteiger charge is 2.22. The Bertz CT molecular complexity index is 1060. The van der Waals surface area contributed by atoms with Crippen molar-refractivity contribution in [2.24, 2.45) is 0 Å². The van der Waals surface area contributed by atoms with E-state index in [1.54, 1.807) is 16.3 Å². The Morgan fingerprint density at radius 3 is 2.81 bits per heavy atom. The minimum atomic E-state index is -0.583. The molecule has 0 radical (unpaired) electrons. The van der Waals surface area contributed by atoms with Crippen LogP contribution in [0.4, 0.5) is 9.18 Å². The van der Waals surface area contributed by atoms with Crippen LogP contribution in [0.15, 0.2) is 34.7 Å². The fourth-order valence-corrected chi connectivity index (χ4v) is 3.92. The van der Waals surface area contributed by atoms with Gasteiger partial charge in [0.15, 0.2) is 0 Å². The summed E-state index contributed by atoms with van der Waals surface area (Å²) in [5.41, 5.74) is 0.500. The number of halogens is 2. The quantitative estimate of drug-likeness (QED) is 0.667. The van der Waals surface area contributed by atoms with Crippen LogP contribution in [0.5, 0.6) is 0 Å². The van der Waals surface area contributed by atoms with Gasteiger partial charge in [0.05, 0.1) is 10.4 Å². The molecule has 4 rings (SSSR count). The molecule has 9 heteroatoms. The molecule has 3 aromatic rings.